The molecule has 146 valence electrons. The van der Waals surface area contributed by atoms with Crippen molar-refractivity contribution in [1.29, 1.82) is 0 Å². The van der Waals surface area contributed by atoms with E-state index in [4.69, 9.17) is 4.74 Å². The minimum Gasteiger partial charge on any atom is -0.744 e. The fraction of sp³-hybridized carbons (Fsp3) is 0.667. The van der Waals surface area contributed by atoms with Crippen molar-refractivity contribution in [2.75, 3.05) is 11.9 Å². The summed E-state index contributed by atoms with van der Waals surface area (Å²) in [6.45, 7) is 8.83. The van der Waals surface area contributed by atoms with Gasteiger partial charge in [-0.2, -0.15) is 0 Å². The summed E-state index contributed by atoms with van der Waals surface area (Å²) in [7, 11) is -4.53. The molecule has 0 amide bonds. The van der Waals surface area contributed by atoms with Gasteiger partial charge in [0.15, 0.2) is 0 Å². The maximum Gasteiger partial charge on any atom is 0.305 e. The molecule has 2 heterocycles. The number of esters is 1. The zero-order valence-electron chi connectivity index (χ0n) is 15.9. The summed E-state index contributed by atoms with van der Waals surface area (Å²) >= 11 is 0. The lowest BCUT2D eigenvalue weighted by molar-refractivity contribution is -0.685. The molecule has 0 saturated carbocycles. The van der Waals surface area contributed by atoms with Gasteiger partial charge in [0.05, 0.1) is 23.6 Å². The summed E-state index contributed by atoms with van der Waals surface area (Å²) in [6, 6.07) is 1.61. The van der Waals surface area contributed by atoms with Gasteiger partial charge in [-0.3, -0.25) is 10.1 Å². The van der Waals surface area contributed by atoms with Crippen LogP contribution >= 0.6 is 0 Å². The van der Waals surface area contributed by atoms with Crippen LogP contribution in [0.1, 0.15) is 58.9 Å². The van der Waals surface area contributed by atoms with Crippen molar-refractivity contribution in [3.8, 4) is 0 Å². The molecule has 1 aromatic heterocycles. The first kappa shape index (κ1) is 20.6. The van der Waals surface area contributed by atoms with Gasteiger partial charge in [0, 0.05) is 11.8 Å². The largest absolute Gasteiger partial charge is 0.744 e. The standard InChI is InChI=1S/C18H28N2O5S/c1-5-25-16(21)9-7-6-8-10-20-12-14(26(22,23)24)11-15-17(20)19-13(2)18(15,3)4/h11-13H,5-10H2,1-4H3,(H,22,23,24). The number of hydrogen-bond acceptors (Lipinski definition) is 6. The topological polar surface area (TPSA) is 99.4 Å². The third-order valence-electron chi connectivity index (χ3n) is 5.12. The normalized spacial score (nSPS) is 18.3. The average Bonchev–Trinajstić information content (AvgIpc) is 2.76. The molecule has 1 aliphatic heterocycles. The fourth-order valence-electron chi connectivity index (χ4n) is 3.17. The first-order valence-electron chi connectivity index (χ1n) is 9.03. The second-order valence-electron chi connectivity index (χ2n) is 7.29. The van der Waals surface area contributed by atoms with Crippen LogP contribution in [0.3, 0.4) is 0 Å². The maximum absolute atomic E-state index is 11.5. The number of anilines is 1. The Morgan fingerprint density at radius 2 is 2.04 bits per heavy atom. The zero-order chi connectivity index (χ0) is 19.5. The quantitative estimate of drug-likeness (QED) is 0.319. The molecule has 26 heavy (non-hydrogen) atoms. The van der Waals surface area contributed by atoms with E-state index in [9.17, 15) is 17.8 Å². The lowest BCUT2D eigenvalue weighted by atomic mass is 9.82. The van der Waals surface area contributed by atoms with Gasteiger partial charge >= 0.3 is 5.97 Å². The third kappa shape index (κ3) is 4.54. The van der Waals surface area contributed by atoms with Gasteiger partial charge in [-0.15, -0.1) is 0 Å². The highest BCUT2D eigenvalue weighted by Gasteiger charge is 2.44. The van der Waals surface area contributed by atoms with E-state index in [2.05, 4.69) is 5.32 Å². The Labute approximate surface area is 155 Å². The molecule has 0 spiro atoms. The summed E-state index contributed by atoms with van der Waals surface area (Å²) in [5.41, 5.74) is 0.565. The van der Waals surface area contributed by atoms with Crippen LogP contribution in [0.25, 0.3) is 0 Å². The highest BCUT2D eigenvalue weighted by molar-refractivity contribution is 7.85. The Bertz CT molecular complexity index is 774. The molecule has 0 fully saturated rings. The minimum atomic E-state index is -4.53. The average molecular weight is 384 g/mol. The van der Waals surface area contributed by atoms with E-state index < -0.39 is 10.1 Å². The van der Waals surface area contributed by atoms with Gasteiger partial charge in [-0.1, -0.05) is 13.8 Å². The van der Waals surface area contributed by atoms with E-state index in [1.54, 1.807) is 6.92 Å². The molecule has 2 rings (SSSR count). The predicted molar refractivity (Wildman–Crippen MR) is 95.8 cm³/mol. The smallest absolute Gasteiger partial charge is 0.305 e. The van der Waals surface area contributed by atoms with Crippen LogP contribution in [0.15, 0.2) is 17.2 Å². The molecule has 1 N–H and O–H groups in total. The second kappa shape index (κ2) is 7.92. The molecule has 8 heteroatoms. The van der Waals surface area contributed by atoms with Gasteiger partial charge in [0.2, 0.25) is 0 Å². The number of hydrogen-bond donors (Lipinski definition) is 1. The Hall–Kier alpha value is -1.67. The minimum absolute atomic E-state index is 0.122. The lowest BCUT2D eigenvalue weighted by Gasteiger charge is -2.20. The van der Waals surface area contributed by atoms with Crippen molar-refractivity contribution >= 4 is 21.9 Å². The summed E-state index contributed by atoms with van der Waals surface area (Å²) in [4.78, 5) is 11.2. The summed E-state index contributed by atoms with van der Waals surface area (Å²) in [6.07, 6.45) is 4.10. The number of carbonyl (C=O) groups is 1. The van der Waals surface area contributed by atoms with Crippen molar-refractivity contribution in [2.45, 2.75) is 76.3 Å². The highest BCUT2D eigenvalue weighted by Crippen LogP contribution is 2.39. The number of nitrogens with zero attached hydrogens (tertiary/aromatic N) is 1. The fourth-order valence-corrected chi connectivity index (χ4v) is 3.68. The molecule has 7 nitrogen and oxygen atoms in total. The highest BCUT2D eigenvalue weighted by atomic mass is 32.2. The Balaban J connectivity index is 2.13. The third-order valence-corrected chi connectivity index (χ3v) is 5.92. The molecular formula is C18H28N2O5S. The van der Waals surface area contributed by atoms with Crippen LogP contribution in [0.4, 0.5) is 5.82 Å². The number of aryl methyl sites for hydroxylation is 1. The number of carbonyl (C=O) groups excluding carboxylic acids is 1. The van der Waals surface area contributed by atoms with Gasteiger partial charge in [0.25, 0.3) is 5.82 Å². The molecular weight excluding hydrogens is 356 g/mol. The van der Waals surface area contributed by atoms with Gasteiger partial charge in [-0.05, 0) is 39.2 Å². The molecule has 1 aliphatic rings. The van der Waals surface area contributed by atoms with Crippen LogP contribution in [-0.2, 0) is 31.6 Å². The van der Waals surface area contributed by atoms with Crippen LogP contribution in [0.5, 0.6) is 0 Å². The van der Waals surface area contributed by atoms with E-state index in [1.807, 2.05) is 25.3 Å². The van der Waals surface area contributed by atoms with E-state index in [0.29, 0.717) is 19.6 Å². The van der Waals surface area contributed by atoms with Crippen LogP contribution in [0.2, 0.25) is 0 Å². The summed E-state index contributed by atoms with van der Waals surface area (Å²) in [5, 5.41) is 3.40. The van der Waals surface area contributed by atoms with E-state index in [0.717, 1.165) is 30.6 Å². The van der Waals surface area contributed by atoms with Crippen LogP contribution in [-0.4, -0.2) is 31.6 Å². The van der Waals surface area contributed by atoms with Crippen molar-refractivity contribution in [2.24, 2.45) is 0 Å². The SMILES string of the molecule is CCOC(=O)CCCCC[n+]1cc(S(=O)(=O)[O-])cc2c1NC(C)C2(C)C. The zero-order valence-corrected chi connectivity index (χ0v) is 16.7. The number of nitrogens with one attached hydrogen (secondary N) is 1. The van der Waals surface area contributed by atoms with Crippen molar-refractivity contribution in [3.63, 3.8) is 0 Å². The molecule has 0 bridgehead atoms. The van der Waals surface area contributed by atoms with E-state index in [-0.39, 0.29) is 22.3 Å². The molecule has 0 aromatic carbocycles. The van der Waals surface area contributed by atoms with E-state index >= 15 is 0 Å². The number of fused-ring (bicyclic) bond motifs is 1. The predicted octanol–water partition coefficient (Wildman–Crippen LogP) is 2.09. The summed E-state index contributed by atoms with van der Waals surface area (Å²) < 4.78 is 41.4. The molecule has 0 aliphatic carbocycles. The summed E-state index contributed by atoms with van der Waals surface area (Å²) in [5.74, 6) is 0.665. The Morgan fingerprint density at radius 1 is 1.35 bits per heavy atom. The van der Waals surface area contributed by atoms with Crippen LogP contribution in [0, 0.1) is 0 Å². The maximum atomic E-state index is 11.5. The molecule has 1 aromatic rings. The number of aromatic nitrogens is 1. The number of pyridine rings is 1. The second-order valence-corrected chi connectivity index (χ2v) is 8.67. The Kier molecular flexibility index (Phi) is 6.29. The number of rotatable bonds is 8. The van der Waals surface area contributed by atoms with Crippen molar-refractivity contribution in [3.05, 3.63) is 17.8 Å². The van der Waals surface area contributed by atoms with Gasteiger partial charge in [0.1, 0.15) is 22.4 Å². The van der Waals surface area contributed by atoms with Crippen molar-refractivity contribution < 1.29 is 27.1 Å². The number of unbranched alkanes of at least 4 members (excludes halogenated alkanes) is 2. The van der Waals surface area contributed by atoms with E-state index in [1.165, 1.54) is 12.3 Å². The lowest BCUT2D eigenvalue weighted by Crippen LogP contribution is -2.38. The molecule has 1 unspecified atom stereocenters. The number of ether oxygens (including phenoxy) is 1. The first-order valence-corrected chi connectivity index (χ1v) is 10.4. The van der Waals surface area contributed by atoms with Gasteiger partial charge in [-0.25, -0.2) is 13.0 Å². The molecule has 0 saturated heterocycles. The monoisotopic (exact) mass is 384 g/mol. The van der Waals surface area contributed by atoms with Gasteiger partial charge < -0.3 is 9.29 Å². The van der Waals surface area contributed by atoms with Crippen molar-refractivity contribution in [1.82, 2.24) is 0 Å². The Morgan fingerprint density at radius 3 is 2.65 bits per heavy atom. The van der Waals surface area contributed by atoms with Crippen LogP contribution < -0.4 is 9.88 Å². The molecule has 0 radical (unpaired) electrons. The first-order chi connectivity index (χ1) is 12.1. The molecule has 1 atom stereocenters.